The molecule has 2 fully saturated rings. The predicted molar refractivity (Wildman–Crippen MR) is 113 cm³/mol. The summed E-state index contributed by atoms with van der Waals surface area (Å²) in [7, 11) is 0. The van der Waals surface area contributed by atoms with Crippen molar-refractivity contribution in [3.63, 3.8) is 0 Å². The Labute approximate surface area is 164 Å². The van der Waals surface area contributed by atoms with Crippen LogP contribution in [0.4, 0.5) is 0 Å². The van der Waals surface area contributed by atoms with E-state index >= 15 is 0 Å². The molecule has 1 aromatic heterocycles. The number of nitrogens with one attached hydrogen (secondary N) is 1. The summed E-state index contributed by atoms with van der Waals surface area (Å²) < 4.78 is 2.60. The third-order valence-electron chi connectivity index (χ3n) is 7.05. The lowest BCUT2D eigenvalue weighted by atomic mass is 9.93. The molecule has 148 valence electrons. The van der Waals surface area contributed by atoms with Gasteiger partial charge in [-0.1, -0.05) is 38.8 Å². The molecule has 4 heteroatoms. The average molecular weight is 369 g/mol. The predicted octanol–water partition coefficient (Wildman–Crippen LogP) is 4.57. The van der Waals surface area contributed by atoms with Gasteiger partial charge in [0.25, 0.3) is 0 Å². The zero-order valence-electron chi connectivity index (χ0n) is 17.3. The molecule has 0 aliphatic carbocycles. The van der Waals surface area contributed by atoms with E-state index < -0.39 is 0 Å². The third kappa shape index (κ3) is 3.79. The molecule has 2 aliphatic rings. The van der Waals surface area contributed by atoms with E-state index in [-0.39, 0.29) is 0 Å². The number of hydrogen-bond acceptors (Lipinski definition) is 3. The fourth-order valence-corrected chi connectivity index (χ4v) is 4.88. The number of para-hydroxylation sites is 2. The maximum Gasteiger partial charge on any atom is 0.115 e. The van der Waals surface area contributed by atoms with Crippen molar-refractivity contribution in [2.45, 2.75) is 70.9 Å². The van der Waals surface area contributed by atoms with Crippen molar-refractivity contribution in [2.24, 2.45) is 5.92 Å². The first-order valence-electron chi connectivity index (χ1n) is 11.1. The first-order valence-corrected chi connectivity index (χ1v) is 11.1. The second kappa shape index (κ2) is 8.32. The van der Waals surface area contributed by atoms with Gasteiger partial charge in [0, 0.05) is 44.2 Å². The number of hydrogen-bond donors (Lipinski definition) is 1. The van der Waals surface area contributed by atoms with Crippen molar-refractivity contribution < 1.29 is 0 Å². The summed E-state index contributed by atoms with van der Waals surface area (Å²) in [5.74, 6) is 2.70. The van der Waals surface area contributed by atoms with Gasteiger partial charge < -0.3 is 14.8 Å². The highest BCUT2D eigenvalue weighted by atomic mass is 15.2. The number of aromatic nitrogens is 2. The monoisotopic (exact) mass is 368 g/mol. The Morgan fingerprint density at radius 3 is 2.56 bits per heavy atom. The Bertz CT molecular complexity index is 740. The van der Waals surface area contributed by atoms with Crippen LogP contribution in [0.25, 0.3) is 11.0 Å². The van der Waals surface area contributed by atoms with E-state index in [0.29, 0.717) is 18.0 Å². The first-order chi connectivity index (χ1) is 13.2. The Balaban J connectivity index is 1.48. The number of benzene rings is 1. The average Bonchev–Trinajstić information content (AvgIpc) is 3.03. The number of rotatable bonds is 7. The summed E-state index contributed by atoms with van der Waals surface area (Å²) in [5, 5.41) is 3.42. The lowest BCUT2D eigenvalue weighted by Crippen LogP contribution is -2.45. The SMILES string of the molecule is CCCCC(C)C(C)N1CCC(n2c(C3CNC3)nc3ccccc32)CC1. The van der Waals surface area contributed by atoms with Gasteiger partial charge in [0.1, 0.15) is 5.82 Å². The Kier molecular flexibility index (Phi) is 5.84. The second-order valence-electron chi connectivity index (χ2n) is 8.81. The summed E-state index contributed by atoms with van der Waals surface area (Å²) in [6.45, 7) is 11.8. The first kappa shape index (κ1) is 18.9. The Hall–Kier alpha value is -1.39. The lowest BCUT2D eigenvalue weighted by molar-refractivity contribution is 0.107. The fourth-order valence-electron chi connectivity index (χ4n) is 4.88. The highest BCUT2D eigenvalue weighted by Crippen LogP contribution is 2.34. The minimum absolute atomic E-state index is 0.586. The van der Waals surface area contributed by atoms with Crippen LogP contribution >= 0.6 is 0 Å². The van der Waals surface area contributed by atoms with Crippen LogP contribution in [0.3, 0.4) is 0 Å². The molecule has 2 unspecified atom stereocenters. The minimum atomic E-state index is 0.586. The van der Waals surface area contributed by atoms with Crippen molar-refractivity contribution in [1.82, 2.24) is 19.8 Å². The van der Waals surface area contributed by atoms with Crippen LogP contribution in [0, 0.1) is 5.92 Å². The molecule has 2 saturated heterocycles. The number of piperidine rings is 1. The molecular formula is C23H36N4. The smallest absolute Gasteiger partial charge is 0.115 e. The lowest BCUT2D eigenvalue weighted by Gasteiger charge is -2.40. The molecule has 2 atom stereocenters. The van der Waals surface area contributed by atoms with Gasteiger partial charge >= 0.3 is 0 Å². The van der Waals surface area contributed by atoms with Gasteiger partial charge in [-0.05, 0) is 44.2 Å². The molecule has 4 rings (SSSR count). The zero-order valence-corrected chi connectivity index (χ0v) is 17.3. The van der Waals surface area contributed by atoms with E-state index in [9.17, 15) is 0 Å². The molecule has 1 aromatic carbocycles. The highest BCUT2D eigenvalue weighted by Gasteiger charge is 2.31. The molecule has 3 heterocycles. The third-order valence-corrected chi connectivity index (χ3v) is 7.05. The van der Waals surface area contributed by atoms with Crippen LogP contribution in [0.1, 0.15) is 70.7 Å². The summed E-state index contributed by atoms with van der Waals surface area (Å²) in [5.41, 5.74) is 2.51. The van der Waals surface area contributed by atoms with E-state index in [1.165, 1.54) is 62.1 Å². The van der Waals surface area contributed by atoms with Gasteiger partial charge in [-0.2, -0.15) is 0 Å². The van der Waals surface area contributed by atoms with Crippen LogP contribution in [0.15, 0.2) is 24.3 Å². The summed E-state index contributed by atoms with van der Waals surface area (Å²) in [6, 6.07) is 10.0. The number of unbranched alkanes of at least 4 members (excludes halogenated alkanes) is 1. The molecular weight excluding hydrogens is 332 g/mol. The van der Waals surface area contributed by atoms with Crippen molar-refractivity contribution in [2.75, 3.05) is 26.2 Å². The van der Waals surface area contributed by atoms with Crippen LogP contribution < -0.4 is 5.32 Å². The van der Waals surface area contributed by atoms with E-state index in [1.807, 2.05) is 0 Å². The number of likely N-dealkylation sites (tertiary alicyclic amines) is 1. The van der Waals surface area contributed by atoms with E-state index in [0.717, 1.165) is 19.0 Å². The van der Waals surface area contributed by atoms with Crippen molar-refractivity contribution >= 4 is 11.0 Å². The molecule has 1 N–H and O–H groups in total. The highest BCUT2D eigenvalue weighted by molar-refractivity contribution is 5.76. The van der Waals surface area contributed by atoms with E-state index in [1.54, 1.807) is 0 Å². The maximum atomic E-state index is 5.04. The maximum absolute atomic E-state index is 5.04. The summed E-state index contributed by atoms with van der Waals surface area (Å²) in [6.07, 6.45) is 6.53. The van der Waals surface area contributed by atoms with Crippen LogP contribution in [-0.4, -0.2) is 46.7 Å². The Morgan fingerprint density at radius 2 is 1.89 bits per heavy atom. The van der Waals surface area contributed by atoms with Gasteiger partial charge in [0.2, 0.25) is 0 Å². The zero-order chi connectivity index (χ0) is 18.8. The van der Waals surface area contributed by atoms with Gasteiger partial charge in [0.15, 0.2) is 0 Å². The fraction of sp³-hybridized carbons (Fsp3) is 0.696. The van der Waals surface area contributed by atoms with E-state index in [2.05, 4.69) is 59.8 Å². The Morgan fingerprint density at radius 1 is 1.15 bits per heavy atom. The molecule has 2 aromatic rings. The van der Waals surface area contributed by atoms with Gasteiger partial charge in [-0.15, -0.1) is 0 Å². The molecule has 4 nitrogen and oxygen atoms in total. The summed E-state index contributed by atoms with van der Waals surface area (Å²) in [4.78, 5) is 7.77. The normalized spacial score (nSPS) is 22.0. The molecule has 0 bridgehead atoms. The minimum Gasteiger partial charge on any atom is -0.324 e. The number of fused-ring (bicyclic) bond motifs is 1. The molecule has 0 radical (unpaired) electrons. The van der Waals surface area contributed by atoms with Crippen molar-refractivity contribution in [3.05, 3.63) is 30.1 Å². The molecule has 2 aliphatic heterocycles. The summed E-state index contributed by atoms with van der Waals surface area (Å²) >= 11 is 0. The van der Waals surface area contributed by atoms with Crippen LogP contribution in [-0.2, 0) is 0 Å². The quantitative estimate of drug-likeness (QED) is 0.777. The number of nitrogens with zero attached hydrogens (tertiary/aromatic N) is 3. The van der Waals surface area contributed by atoms with Crippen LogP contribution in [0.2, 0.25) is 0 Å². The number of imidazole rings is 1. The second-order valence-corrected chi connectivity index (χ2v) is 8.81. The van der Waals surface area contributed by atoms with Gasteiger partial charge in [0.05, 0.1) is 11.0 Å². The van der Waals surface area contributed by atoms with Gasteiger partial charge in [-0.3, -0.25) is 0 Å². The van der Waals surface area contributed by atoms with Crippen molar-refractivity contribution in [1.29, 1.82) is 0 Å². The molecule has 0 spiro atoms. The molecule has 27 heavy (non-hydrogen) atoms. The van der Waals surface area contributed by atoms with E-state index in [4.69, 9.17) is 4.98 Å². The molecule has 0 saturated carbocycles. The van der Waals surface area contributed by atoms with Gasteiger partial charge in [-0.25, -0.2) is 4.98 Å². The van der Waals surface area contributed by atoms with Crippen LogP contribution in [0.5, 0.6) is 0 Å². The largest absolute Gasteiger partial charge is 0.324 e. The van der Waals surface area contributed by atoms with Crippen molar-refractivity contribution in [3.8, 4) is 0 Å². The standard InChI is InChI=1S/C23H36N4/c1-4-5-8-17(2)18(3)26-13-11-20(12-14-26)27-22-10-7-6-9-21(22)25-23(27)19-15-24-16-19/h6-7,9-10,17-20,24H,4-5,8,11-16H2,1-3H3. The molecule has 0 amide bonds. The topological polar surface area (TPSA) is 33.1 Å².